The predicted molar refractivity (Wildman–Crippen MR) is 91.3 cm³/mol. The molecule has 128 valence electrons. The molecule has 3 rings (SSSR count). The Morgan fingerprint density at radius 3 is 2.88 bits per heavy atom. The summed E-state index contributed by atoms with van der Waals surface area (Å²) in [5.74, 6) is 0.801. The third-order valence-electron chi connectivity index (χ3n) is 4.67. The molecule has 0 saturated heterocycles. The molecule has 0 aliphatic heterocycles. The zero-order valence-corrected chi connectivity index (χ0v) is 14.0. The van der Waals surface area contributed by atoms with E-state index >= 15 is 0 Å². The molecule has 1 unspecified atom stereocenters. The van der Waals surface area contributed by atoms with Crippen molar-refractivity contribution in [2.75, 3.05) is 26.7 Å². The second-order valence-corrected chi connectivity index (χ2v) is 6.28. The molecule has 1 aliphatic carbocycles. The van der Waals surface area contributed by atoms with Crippen molar-refractivity contribution < 1.29 is 14.3 Å². The van der Waals surface area contributed by atoms with Crippen LogP contribution in [0.4, 0.5) is 0 Å². The lowest BCUT2D eigenvalue weighted by molar-refractivity contribution is -0.132. The summed E-state index contributed by atoms with van der Waals surface area (Å²) in [4.78, 5) is 16.3. The molecule has 0 fully saturated rings. The number of hydrogen-bond acceptors (Lipinski definition) is 4. The van der Waals surface area contributed by atoms with Crippen molar-refractivity contribution in [2.24, 2.45) is 0 Å². The Balaban J connectivity index is 1.67. The van der Waals surface area contributed by atoms with E-state index in [0.29, 0.717) is 19.6 Å². The molecule has 24 heavy (non-hydrogen) atoms. The molecule has 0 bridgehead atoms. The van der Waals surface area contributed by atoms with E-state index in [4.69, 9.17) is 4.42 Å². The van der Waals surface area contributed by atoms with Crippen molar-refractivity contribution in [3.63, 3.8) is 0 Å². The zero-order chi connectivity index (χ0) is 16.9. The molecular weight excluding hydrogens is 304 g/mol. The van der Waals surface area contributed by atoms with E-state index in [9.17, 15) is 9.90 Å². The van der Waals surface area contributed by atoms with E-state index in [-0.39, 0.29) is 18.6 Å². The second-order valence-electron chi connectivity index (χ2n) is 6.28. The van der Waals surface area contributed by atoms with E-state index in [1.54, 1.807) is 18.2 Å². The van der Waals surface area contributed by atoms with Crippen molar-refractivity contribution in [1.82, 2.24) is 9.80 Å². The summed E-state index contributed by atoms with van der Waals surface area (Å²) in [5.41, 5.74) is 2.63. The summed E-state index contributed by atoms with van der Waals surface area (Å²) in [6, 6.07) is 12.3. The summed E-state index contributed by atoms with van der Waals surface area (Å²) in [7, 11) is 1.78. The third-order valence-corrected chi connectivity index (χ3v) is 4.67. The Kier molecular flexibility index (Phi) is 5.33. The lowest BCUT2D eigenvalue weighted by Gasteiger charge is -2.30. The van der Waals surface area contributed by atoms with Crippen molar-refractivity contribution in [3.05, 3.63) is 59.5 Å². The Labute approximate surface area is 142 Å². The van der Waals surface area contributed by atoms with Gasteiger partial charge in [-0.1, -0.05) is 24.3 Å². The van der Waals surface area contributed by atoms with Gasteiger partial charge in [0.2, 0.25) is 5.91 Å². The minimum atomic E-state index is 0.0317. The van der Waals surface area contributed by atoms with Crippen LogP contribution in [0.1, 0.15) is 29.3 Å². The van der Waals surface area contributed by atoms with Crippen molar-refractivity contribution in [3.8, 4) is 0 Å². The number of nitrogens with zero attached hydrogens (tertiary/aromatic N) is 2. The molecule has 5 heteroatoms. The van der Waals surface area contributed by atoms with Crippen LogP contribution in [0.25, 0.3) is 0 Å². The Hall–Kier alpha value is -2.11. The van der Waals surface area contributed by atoms with E-state index in [0.717, 1.165) is 18.6 Å². The monoisotopic (exact) mass is 328 g/mol. The molecule has 1 atom stereocenters. The minimum Gasteiger partial charge on any atom is -0.467 e. The number of aryl methyl sites for hydroxylation is 1. The van der Waals surface area contributed by atoms with Gasteiger partial charge in [-0.25, -0.2) is 0 Å². The Morgan fingerprint density at radius 1 is 1.29 bits per heavy atom. The summed E-state index contributed by atoms with van der Waals surface area (Å²) in [6.07, 6.45) is 3.63. The number of likely N-dealkylation sites (N-methyl/N-ethyl adjacent to an activating group) is 1. The van der Waals surface area contributed by atoms with Gasteiger partial charge in [0.05, 0.1) is 26.0 Å². The molecule has 1 aromatic carbocycles. The van der Waals surface area contributed by atoms with Gasteiger partial charge in [0.25, 0.3) is 0 Å². The first-order valence-corrected chi connectivity index (χ1v) is 8.38. The van der Waals surface area contributed by atoms with Gasteiger partial charge >= 0.3 is 0 Å². The fourth-order valence-electron chi connectivity index (χ4n) is 3.41. The van der Waals surface area contributed by atoms with E-state index in [2.05, 4.69) is 23.1 Å². The van der Waals surface area contributed by atoms with E-state index in [1.165, 1.54) is 11.1 Å². The molecule has 1 amide bonds. The number of carbonyl (C=O) groups excluding carboxylic acids is 1. The summed E-state index contributed by atoms with van der Waals surface area (Å²) >= 11 is 0. The van der Waals surface area contributed by atoms with Gasteiger partial charge in [0.15, 0.2) is 0 Å². The number of amides is 1. The standard InChI is InChI=1S/C19H24N2O3/c1-20(13-16-6-4-12-24-16)19(23)14-21(10-11-22)18-9-8-15-5-2-3-7-17(15)18/h2-7,12,18,22H,8-11,13-14H2,1H3. The van der Waals surface area contributed by atoms with Crippen LogP contribution >= 0.6 is 0 Å². The van der Waals surface area contributed by atoms with Crippen LogP contribution in [0.2, 0.25) is 0 Å². The SMILES string of the molecule is CN(Cc1ccco1)C(=O)CN(CCO)C1CCc2ccccc21. The van der Waals surface area contributed by atoms with Gasteiger partial charge in [-0.2, -0.15) is 0 Å². The van der Waals surface area contributed by atoms with Crippen LogP contribution in [0.15, 0.2) is 47.1 Å². The quantitative estimate of drug-likeness (QED) is 0.847. The largest absolute Gasteiger partial charge is 0.467 e. The van der Waals surface area contributed by atoms with Gasteiger partial charge in [-0.15, -0.1) is 0 Å². The summed E-state index contributed by atoms with van der Waals surface area (Å²) in [6.45, 7) is 1.31. The minimum absolute atomic E-state index is 0.0317. The average Bonchev–Trinajstić information content (AvgIpc) is 3.23. The van der Waals surface area contributed by atoms with E-state index in [1.807, 2.05) is 18.2 Å². The number of furan rings is 1. The van der Waals surface area contributed by atoms with Gasteiger partial charge in [0, 0.05) is 19.6 Å². The predicted octanol–water partition coefficient (Wildman–Crippen LogP) is 2.22. The maximum absolute atomic E-state index is 12.6. The Morgan fingerprint density at radius 2 is 2.12 bits per heavy atom. The molecular formula is C19H24N2O3. The molecule has 1 aliphatic rings. The number of benzene rings is 1. The van der Waals surface area contributed by atoms with Gasteiger partial charge in [-0.3, -0.25) is 9.69 Å². The molecule has 1 N–H and O–H groups in total. The third kappa shape index (κ3) is 3.68. The highest BCUT2D eigenvalue weighted by molar-refractivity contribution is 5.78. The lowest BCUT2D eigenvalue weighted by atomic mass is 10.1. The molecule has 0 saturated carbocycles. The highest BCUT2D eigenvalue weighted by Crippen LogP contribution is 2.35. The average molecular weight is 328 g/mol. The maximum atomic E-state index is 12.6. The van der Waals surface area contributed by atoms with Crippen molar-refractivity contribution in [1.29, 1.82) is 0 Å². The number of rotatable bonds is 7. The topological polar surface area (TPSA) is 56.9 Å². The van der Waals surface area contributed by atoms with E-state index < -0.39 is 0 Å². The van der Waals surface area contributed by atoms with Crippen LogP contribution in [-0.4, -0.2) is 47.6 Å². The first-order valence-electron chi connectivity index (χ1n) is 8.38. The molecule has 0 radical (unpaired) electrons. The smallest absolute Gasteiger partial charge is 0.236 e. The lowest BCUT2D eigenvalue weighted by Crippen LogP contribution is -2.40. The van der Waals surface area contributed by atoms with Crippen molar-refractivity contribution >= 4 is 5.91 Å². The number of aliphatic hydroxyl groups excluding tert-OH is 1. The molecule has 5 nitrogen and oxygen atoms in total. The number of fused-ring (bicyclic) bond motifs is 1. The molecule has 0 spiro atoms. The number of carbonyl (C=O) groups is 1. The second kappa shape index (κ2) is 7.64. The van der Waals surface area contributed by atoms with Crippen molar-refractivity contribution in [2.45, 2.75) is 25.4 Å². The molecule has 2 aromatic rings. The number of aliphatic hydroxyl groups is 1. The van der Waals surface area contributed by atoms with Gasteiger partial charge in [-0.05, 0) is 36.1 Å². The van der Waals surface area contributed by atoms with Crippen LogP contribution < -0.4 is 0 Å². The van der Waals surface area contributed by atoms with Crippen LogP contribution in [-0.2, 0) is 17.8 Å². The number of hydrogen-bond donors (Lipinski definition) is 1. The zero-order valence-electron chi connectivity index (χ0n) is 14.0. The van der Waals surface area contributed by atoms with Crippen LogP contribution in [0.3, 0.4) is 0 Å². The fraction of sp³-hybridized carbons (Fsp3) is 0.421. The highest BCUT2D eigenvalue weighted by atomic mass is 16.3. The maximum Gasteiger partial charge on any atom is 0.236 e. The molecule has 1 heterocycles. The van der Waals surface area contributed by atoms with Crippen LogP contribution in [0.5, 0.6) is 0 Å². The first kappa shape index (κ1) is 16.7. The first-order chi connectivity index (χ1) is 11.7. The molecule has 1 aromatic heterocycles. The normalized spacial score (nSPS) is 16.4. The van der Waals surface area contributed by atoms with Crippen LogP contribution in [0, 0.1) is 0 Å². The fourth-order valence-corrected chi connectivity index (χ4v) is 3.41. The highest BCUT2D eigenvalue weighted by Gasteiger charge is 2.29. The summed E-state index contributed by atoms with van der Waals surface area (Å²) < 4.78 is 5.31. The summed E-state index contributed by atoms with van der Waals surface area (Å²) in [5, 5.41) is 9.42. The Bertz CT molecular complexity index is 669. The van der Waals surface area contributed by atoms with Gasteiger partial charge in [0.1, 0.15) is 5.76 Å². The van der Waals surface area contributed by atoms with Gasteiger partial charge < -0.3 is 14.4 Å².